The molecule has 490 valence electrons. The first-order valence-corrected chi connectivity index (χ1v) is 28.4. The minimum absolute atomic E-state index is 0.0556. The lowest BCUT2D eigenvalue weighted by molar-refractivity contribution is -0.155. The Morgan fingerprint density at radius 2 is 1.12 bits per heavy atom. The molecule has 0 aromatic heterocycles. The van der Waals surface area contributed by atoms with Crippen LogP contribution in [0.15, 0.2) is 72.8 Å². The van der Waals surface area contributed by atoms with Crippen molar-refractivity contribution in [1.82, 2.24) is 53.2 Å². The summed E-state index contributed by atoms with van der Waals surface area (Å²) in [5, 5.41) is 61.2. The average Bonchev–Trinajstić information content (AvgIpc) is 1.63. The van der Waals surface area contributed by atoms with E-state index in [1.165, 1.54) is 31.2 Å². The number of hydrogen-bond acceptors (Lipinski definition) is 20. The van der Waals surface area contributed by atoms with E-state index in [2.05, 4.69) is 42.5 Å². The average molecular weight is 1270 g/mol. The van der Waals surface area contributed by atoms with Crippen LogP contribution in [0.1, 0.15) is 86.7 Å². The molecule has 91 heavy (non-hydrogen) atoms. The number of fused-ring (bicyclic) bond motifs is 3. The molecule has 1 aliphatic heterocycles. The Kier molecular flexibility index (Phi) is 26.4. The number of rotatable bonds is 17. The Balaban J connectivity index is 1.42. The number of alkyl carbamates (subject to hydrolysis) is 1. The Bertz CT molecular complexity index is 3230. The number of anilines is 1. The number of aliphatic hydroxyl groups excluding tert-OH is 1. The molecule has 10 unspecified atom stereocenters. The van der Waals surface area contributed by atoms with Gasteiger partial charge in [-0.1, -0.05) is 67.6 Å². The number of aliphatic carboxylic acids is 3. The second-order valence-electron chi connectivity index (χ2n) is 21.3. The Morgan fingerprint density at radius 1 is 0.604 bits per heavy atom. The molecule has 1 fully saturated rings. The van der Waals surface area contributed by atoms with E-state index in [9.17, 15) is 92.3 Å². The van der Waals surface area contributed by atoms with E-state index < -0.39 is 195 Å². The number of ketones is 1. The quantitative estimate of drug-likeness (QED) is 0.0266. The second-order valence-corrected chi connectivity index (χ2v) is 21.3. The largest absolute Gasteiger partial charge is 0.481 e. The third-order valence-electron chi connectivity index (χ3n) is 14.4. The highest BCUT2D eigenvalue weighted by Gasteiger charge is 2.38. The molecule has 0 bridgehead atoms. The zero-order valence-corrected chi connectivity index (χ0v) is 49.4. The van der Waals surface area contributed by atoms with Crippen molar-refractivity contribution in [3.05, 3.63) is 89.5 Å². The number of carbonyl (C=O) groups is 15. The summed E-state index contributed by atoms with van der Waals surface area (Å²) in [6.07, 6.45) is -7.04. The number of cyclic esters (lactones) is 1. The number of aliphatic hydroxyl groups is 1. The molecule has 33 heteroatoms. The molecule has 1 aliphatic carbocycles. The lowest BCUT2D eigenvalue weighted by Crippen LogP contribution is -2.60. The number of hydrogen-bond donors (Lipinski definition) is 16. The van der Waals surface area contributed by atoms with Gasteiger partial charge in [0.2, 0.25) is 53.2 Å². The zero-order chi connectivity index (χ0) is 67.2. The maximum Gasteiger partial charge on any atom is 0.407 e. The van der Waals surface area contributed by atoms with Crippen molar-refractivity contribution in [2.24, 2.45) is 11.7 Å². The number of esters is 1. The molecule has 18 N–H and O–H groups in total. The number of benzene rings is 3. The second kappa shape index (κ2) is 33.7. The summed E-state index contributed by atoms with van der Waals surface area (Å²) < 4.78 is 11.0. The molecule has 3 aromatic carbocycles. The van der Waals surface area contributed by atoms with Gasteiger partial charge in [0, 0.05) is 30.1 Å². The molecule has 0 radical (unpaired) electrons. The molecular formula is C58H72N12O21. The van der Waals surface area contributed by atoms with Crippen LogP contribution in [0.2, 0.25) is 0 Å². The summed E-state index contributed by atoms with van der Waals surface area (Å²) in [6, 6.07) is 5.52. The number of nitrogens with one attached hydrogen (secondary N) is 10. The van der Waals surface area contributed by atoms with E-state index in [-0.39, 0.29) is 43.2 Å². The van der Waals surface area contributed by atoms with Crippen molar-refractivity contribution in [3.8, 4) is 11.1 Å². The molecule has 0 spiro atoms. The van der Waals surface area contributed by atoms with Crippen LogP contribution in [-0.4, -0.2) is 197 Å². The maximum atomic E-state index is 14.2. The number of carboxylic acid groups (broad SMARTS) is 3. The van der Waals surface area contributed by atoms with Crippen LogP contribution in [0.4, 0.5) is 10.5 Å². The molecule has 0 saturated carbocycles. The zero-order valence-electron chi connectivity index (χ0n) is 49.4. The third kappa shape index (κ3) is 21.0. The Labute approximate surface area is 518 Å². The van der Waals surface area contributed by atoms with Gasteiger partial charge in [0.05, 0.1) is 39.0 Å². The number of para-hydroxylation sites is 1. The van der Waals surface area contributed by atoms with Gasteiger partial charge in [-0.2, -0.15) is 0 Å². The van der Waals surface area contributed by atoms with Crippen LogP contribution in [0.3, 0.4) is 0 Å². The standard InChI is InChI=1S/C58H72N12O21/c1-27(19-45(75)76)49-56(87)69-40(20-42(72)34-15-8-9-16-36(34)59)57(88)91-29(3)48(60)55(86)63-24-43(73)65-37(17-10-18-61-58(89)90-26-35-32-13-6-4-11-30(32)31-12-5-7-14-33(31)35)52(83)68-39(22-47(79)80)53(84)64-28(2)50(81)67-38(21-46(77)78)51(82)62-23-44(74)66-41(25-71)54(85)70-49/h4-9,11-16,27-29,35,37-41,48-49,71H,10,17-26,59-60H2,1-3H3,(H,61,89)(H,62,82)(H,63,86)(H,64,84)(H,65,73)(H,66,74)(H,67,81)(H,68,83)(H,69,87)(H,70,85)(H,75,76)(H,77,78)(H,79,80). The minimum atomic E-state index is -2.03. The topological polar surface area (TPSA) is 528 Å². The van der Waals surface area contributed by atoms with Crippen LogP contribution >= 0.6 is 0 Å². The summed E-state index contributed by atoms with van der Waals surface area (Å²) >= 11 is 0. The Morgan fingerprint density at radius 3 is 1.70 bits per heavy atom. The highest BCUT2D eigenvalue weighted by molar-refractivity contribution is 6.04. The fourth-order valence-electron chi connectivity index (χ4n) is 9.56. The van der Waals surface area contributed by atoms with Gasteiger partial charge in [0.15, 0.2) is 5.78 Å². The summed E-state index contributed by atoms with van der Waals surface area (Å²) in [7, 11) is 0. The van der Waals surface area contributed by atoms with Crippen LogP contribution in [-0.2, 0) is 71.8 Å². The van der Waals surface area contributed by atoms with Gasteiger partial charge in [-0.05, 0) is 67.0 Å². The van der Waals surface area contributed by atoms with Crippen molar-refractivity contribution >= 4 is 94.6 Å². The normalized spacial score (nSPS) is 23.3. The number of amides is 10. The fourth-order valence-corrected chi connectivity index (χ4v) is 9.56. The van der Waals surface area contributed by atoms with E-state index in [1.54, 1.807) is 0 Å². The number of ether oxygens (including phenoxy) is 2. The molecule has 10 amide bonds. The maximum absolute atomic E-state index is 14.2. The minimum Gasteiger partial charge on any atom is -0.481 e. The third-order valence-corrected chi connectivity index (χ3v) is 14.4. The summed E-state index contributed by atoms with van der Waals surface area (Å²) in [4.78, 5) is 199. The lowest BCUT2D eigenvalue weighted by atomic mass is 9.96. The highest BCUT2D eigenvalue weighted by Crippen LogP contribution is 2.44. The number of carbonyl (C=O) groups excluding carboxylic acids is 12. The highest BCUT2D eigenvalue weighted by atomic mass is 16.6. The van der Waals surface area contributed by atoms with Gasteiger partial charge in [-0.3, -0.25) is 62.3 Å². The summed E-state index contributed by atoms with van der Waals surface area (Å²) in [6.45, 7) is -0.193. The molecule has 2 aliphatic rings. The van der Waals surface area contributed by atoms with Crippen molar-refractivity contribution in [1.29, 1.82) is 0 Å². The smallest absolute Gasteiger partial charge is 0.407 e. The van der Waals surface area contributed by atoms with Crippen molar-refractivity contribution in [2.45, 2.75) is 120 Å². The summed E-state index contributed by atoms with van der Waals surface area (Å²) in [5.74, 6) is -20.1. The first-order chi connectivity index (χ1) is 43.1. The first-order valence-electron chi connectivity index (χ1n) is 28.4. The number of Topliss-reactive ketones (excluding diaryl/α,β-unsaturated/α-hetero) is 1. The van der Waals surface area contributed by atoms with E-state index in [0.29, 0.717) is 0 Å². The van der Waals surface area contributed by atoms with Gasteiger partial charge in [0.1, 0.15) is 61.0 Å². The van der Waals surface area contributed by atoms with Gasteiger partial charge >= 0.3 is 30.0 Å². The van der Waals surface area contributed by atoms with E-state index in [1.807, 2.05) is 59.2 Å². The van der Waals surface area contributed by atoms with Crippen molar-refractivity contribution in [2.75, 3.05) is 38.6 Å². The molecule has 5 rings (SSSR count). The van der Waals surface area contributed by atoms with Gasteiger partial charge in [-0.15, -0.1) is 0 Å². The number of carboxylic acids is 3. The van der Waals surface area contributed by atoms with Crippen molar-refractivity contribution in [3.63, 3.8) is 0 Å². The van der Waals surface area contributed by atoms with Crippen LogP contribution in [0.5, 0.6) is 0 Å². The van der Waals surface area contributed by atoms with Crippen LogP contribution < -0.4 is 64.6 Å². The monoisotopic (exact) mass is 1270 g/mol. The number of nitrogens with two attached hydrogens (primary N) is 2. The van der Waals surface area contributed by atoms with Gasteiger partial charge < -0.3 is 94.5 Å². The number of nitrogen functional groups attached to an aromatic ring is 1. The predicted octanol–water partition coefficient (Wildman–Crippen LogP) is -3.87. The SMILES string of the molecule is CC1NC(=O)C(CC(=O)O)NC(=O)C(CCCNC(=O)OCC2c3ccccc3-c3ccccc32)NC(=O)CNC(=O)C(N)C(C)OC(=O)C(CC(=O)c2ccccc2N)NC(=O)C(C(C)CC(=O)O)NC(=O)C(CO)NC(=O)CNC(=O)C(CC(=O)O)NC1=O. The molecule has 33 nitrogen and oxygen atoms in total. The molecule has 1 heterocycles. The van der Waals surface area contributed by atoms with Crippen LogP contribution in [0.25, 0.3) is 11.1 Å². The molecule has 3 aromatic rings. The Hall–Kier alpha value is -10.6. The van der Waals surface area contributed by atoms with Gasteiger partial charge in [0.25, 0.3) is 0 Å². The van der Waals surface area contributed by atoms with Gasteiger partial charge in [-0.25, -0.2) is 9.59 Å². The van der Waals surface area contributed by atoms with E-state index in [0.717, 1.165) is 36.1 Å². The van der Waals surface area contributed by atoms with E-state index >= 15 is 0 Å². The first kappa shape index (κ1) is 71.2. The van der Waals surface area contributed by atoms with Crippen molar-refractivity contribution < 1.29 is 102 Å². The predicted molar refractivity (Wildman–Crippen MR) is 314 cm³/mol. The molecular weight excluding hydrogens is 1200 g/mol. The summed E-state index contributed by atoms with van der Waals surface area (Å²) in [5.41, 5.74) is 15.8. The molecule has 1 saturated heterocycles. The molecule has 10 atom stereocenters. The fraction of sp³-hybridized carbons (Fsp3) is 0.431. The lowest BCUT2D eigenvalue weighted by Gasteiger charge is -2.28. The van der Waals surface area contributed by atoms with E-state index in [4.69, 9.17) is 20.9 Å². The van der Waals surface area contributed by atoms with Crippen LogP contribution in [0, 0.1) is 5.92 Å².